The number of ether oxygens (including phenoxy) is 1. The van der Waals surface area contributed by atoms with E-state index in [1.165, 1.54) is 5.56 Å². The normalized spacial score (nSPS) is 30.5. The summed E-state index contributed by atoms with van der Waals surface area (Å²) < 4.78 is 6.19. The summed E-state index contributed by atoms with van der Waals surface area (Å²) in [4.78, 5) is 19.4. The summed E-state index contributed by atoms with van der Waals surface area (Å²) in [6.45, 7) is 5.31. The Morgan fingerprint density at radius 1 is 1.34 bits per heavy atom. The van der Waals surface area contributed by atoms with Crippen molar-refractivity contribution in [1.82, 2.24) is 15.2 Å². The van der Waals surface area contributed by atoms with E-state index >= 15 is 0 Å². The zero-order chi connectivity index (χ0) is 20.3. The molecule has 2 atom stereocenters. The summed E-state index contributed by atoms with van der Waals surface area (Å²) in [5.41, 5.74) is 0.435. The van der Waals surface area contributed by atoms with Gasteiger partial charge in [-0.3, -0.25) is 9.78 Å². The molecule has 1 amide bonds. The third kappa shape index (κ3) is 4.81. The minimum atomic E-state index is -0.651. The molecule has 3 fully saturated rings. The van der Waals surface area contributed by atoms with Gasteiger partial charge in [-0.2, -0.15) is 0 Å². The zero-order valence-corrected chi connectivity index (χ0v) is 17.6. The zero-order valence-electron chi connectivity index (χ0n) is 17.6. The standard InChI is InChI=1S/C23H35N3O3/c1-22(25-21(28)19-6-2-3-7-19)17-23(29-16-20(22)27)9-13-26(14-10-23)12-8-18-5-4-11-24-15-18/h4-5,11,15,19-20,27H,2-3,6-10,12-14,16-17H2,1H3,(H,25,28)/t20-,22-/m1/s1. The van der Waals surface area contributed by atoms with Crippen LogP contribution in [0.1, 0.15) is 57.4 Å². The number of nitrogens with one attached hydrogen (secondary N) is 1. The van der Waals surface area contributed by atoms with Crippen molar-refractivity contribution in [3.8, 4) is 0 Å². The predicted molar refractivity (Wildman–Crippen MR) is 111 cm³/mol. The van der Waals surface area contributed by atoms with E-state index in [0.717, 1.165) is 64.6 Å². The SMILES string of the molecule is C[C@@]1(NC(=O)C2CCCC2)CC2(CCN(CCc3cccnc3)CC2)OC[C@H]1O. The van der Waals surface area contributed by atoms with Crippen LogP contribution in [0.4, 0.5) is 0 Å². The van der Waals surface area contributed by atoms with Crippen molar-refractivity contribution in [3.63, 3.8) is 0 Å². The summed E-state index contributed by atoms with van der Waals surface area (Å²) in [5.74, 6) is 0.238. The smallest absolute Gasteiger partial charge is 0.223 e. The van der Waals surface area contributed by atoms with Gasteiger partial charge in [-0.15, -0.1) is 0 Å². The Morgan fingerprint density at radius 3 is 2.79 bits per heavy atom. The van der Waals surface area contributed by atoms with Crippen LogP contribution >= 0.6 is 0 Å². The van der Waals surface area contributed by atoms with E-state index < -0.39 is 11.6 Å². The largest absolute Gasteiger partial charge is 0.388 e. The summed E-state index contributed by atoms with van der Waals surface area (Å²) in [6.07, 6.45) is 10.9. The highest BCUT2D eigenvalue weighted by molar-refractivity contribution is 5.79. The van der Waals surface area contributed by atoms with E-state index in [0.29, 0.717) is 13.0 Å². The molecule has 29 heavy (non-hydrogen) atoms. The summed E-state index contributed by atoms with van der Waals surface area (Å²) >= 11 is 0. The summed E-state index contributed by atoms with van der Waals surface area (Å²) in [5, 5.41) is 13.9. The van der Waals surface area contributed by atoms with Gasteiger partial charge >= 0.3 is 0 Å². The van der Waals surface area contributed by atoms with E-state index in [1.54, 1.807) is 0 Å². The molecular formula is C23H35N3O3. The summed E-state index contributed by atoms with van der Waals surface area (Å²) in [7, 11) is 0. The van der Waals surface area contributed by atoms with Crippen molar-refractivity contribution in [2.24, 2.45) is 5.92 Å². The molecule has 6 nitrogen and oxygen atoms in total. The fourth-order valence-corrected chi connectivity index (χ4v) is 5.32. The molecule has 1 aromatic heterocycles. The average Bonchev–Trinajstić information content (AvgIpc) is 3.27. The number of hydrogen-bond acceptors (Lipinski definition) is 5. The number of hydrogen-bond donors (Lipinski definition) is 2. The van der Waals surface area contributed by atoms with Crippen LogP contribution in [-0.4, -0.2) is 64.4 Å². The molecule has 1 aromatic rings. The molecule has 160 valence electrons. The average molecular weight is 402 g/mol. The topological polar surface area (TPSA) is 74.7 Å². The van der Waals surface area contributed by atoms with Crippen LogP contribution < -0.4 is 5.32 Å². The Morgan fingerprint density at radius 2 is 2.10 bits per heavy atom. The number of piperidine rings is 1. The number of aliphatic hydroxyl groups is 1. The number of pyridine rings is 1. The van der Waals surface area contributed by atoms with Crippen molar-refractivity contribution >= 4 is 5.91 Å². The number of aromatic nitrogens is 1. The number of aliphatic hydroxyl groups excluding tert-OH is 1. The molecule has 1 spiro atoms. The number of carbonyl (C=O) groups excluding carboxylic acids is 1. The number of nitrogens with zero attached hydrogens (tertiary/aromatic N) is 2. The second-order valence-electron chi connectivity index (χ2n) is 9.53. The Kier molecular flexibility index (Phi) is 6.23. The maximum atomic E-state index is 12.7. The van der Waals surface area contributed by atoms with E-state index in [9.17, 15) is 9.90 Å². The number of amides is 1. The second kappa shape index (κ2) is 8.70. The van der Waals surface area contributed by atoms with E-state index in [4.69, 9.17) is 4.74 Å². The van der Waals surface area contributed by atoms with Crippen LogP contribution in [0.15, 0.2) is 24.5 Å². The van der Waals surface area contributed by atoms with Crippen LogP contribution in [0.2, 0.25) is 0 Å². The van der Waals surface area contributed by atoms with Crippen LogP contribution in [0.5, 0.6) is 0 Å². The van der Waals surface area contributed by atoms with Gasteiger partial charge in [0.05, 0.1) is 17.7 Å². The first kappa shape index (κ1) is 20.8. The molecule has 0 unspecified atom stereocenters. The van der Waals surface area contributed by atoms with Crippen molar-refractivity contribution in [2.45, 2.75) is 75.5 Å². The first-order valence-corrected chi connectivity index (χ1v) is 11.2. The molecule has 0 radical (unpaired) electrons. The molecule has 2 saturated heterocycles. The van der Waals surface area contributed by atoms with Gasteiger partial charge in [0.15, 0.2) is 0 Å². The van der Waals surface area contributed by atoms with E-state index in [2.05, 4.69) is 21.3 Å². The van der Waals surface area contributed by atoms with Gasteiger partial charge in [0.2, 0.25) is 5.91 Å². The number of rotatable bonds is 5. The van der Waals surface area contributed by atoms with Crippen LogP contribution in [-0.2, 0) is 16.0 Å². The van der Waals surface area contributed by atoms with Crippen molar-refractivity contribution in [2.75, 3.05) is 26.2 Å². The first-order valence-electron chi connectivity index (χ1n) is 11.2. The molecule has 3 aliphatic rings. The minimum absolute atomic E-state index is 0.118. The Bertz CT molecular complexity index is 684. The molecule has 1 aliphatic carbocycles. The van der Waals surface area contributed by atoms with Crippen molar-refractivity contribution < 1.29 is 14.6 Å². The van der Waals surface area contributed by atoms with Crippen LogP contribution in [0.3, 0.4) is 0 Å². The third-order valence-corrected chi connectivity index (χ3v) is 7.31. The highest BCUT2D eigenvalue weighted by Crippen LogP contribution is 2.40. The highest BCUT2D eigenvalue weighted by Gasteiger charge is 2.50. The second-order valence-corrected chi connectivity index (χ2v) is 9.53. The van der Waals surface area contributed by atoms with Gasteiger partial charge < -0.3 is 20.1 Å². The first-order chi connectivity index (χ1) is 14.0. The molecule has 0 bridgehead atoms. The van der Waals surface area contributed by atoms with Crippen LogP contribution in [0.25, 0.3) is 0 Å². The third-order valence-electron chi connectivity index (χ3n) is 7.31. The van der Waals surface area contributed by atoms with Crippen LogP contribution in [0, 0.1) is 5.92 Å². The Labute approximate surface area is 174 Å². The fraction of sp³-hybridized carbons (Fsp3) is 0.739. The molecule has 4 rings (SSSR count). The molecule has 2 N–H and O–H groups in total. The fourth-order valence-electron chi connectivity index (χ4n) is 5.32. The molecule has 3 heterocycles. The van der Waals surface area contributed by atoms with Gasteiger partial charge in [-0.05, 0) is 50.7 Å². The lowest BCUT2D eigenvalue weighted by Crippen LogP contribution is -2.66. The minimum Gasteiger partial charge on any atom is -0.388 e. The van der Waals surface area contributed by atoms with Gasteiger partial charge in [0.1, 0.15) is 6.10 Å². The van der Waals surface area contributed by atoms with Crippen molar-refractivity contribution in [3.05, 3.63) is 30.1 Å². The maximum absolute atomic E-state index is 12.7. The maximum Gasteiger partial charge on any atom is 0.223 e. The highest BCUT2D eigenvalue weighted by atomic mass is 16.5. The lowest BCUT2D eigenvalue weighted by atomic mass is 9.74. The lowest BCUT2D eigenvalue weighted by molar-refractivity contribution is -0.181. The van der Waals surface area contributed by atoms with E-state index in [1.807, 2.05) is 25.4 Å². The Hall–Kier alpha value is -1.50. The lowest BCUT2D eigenvalue weighted by Gasteiger charge is -2.52. The van der Waals surface area contributed by atoms with Gasteiger partial charge in [0.25, 0.3) is 0 Å². The number of carbonyl (C=O) groups is 1. The molecule has 0 aromatic carbocycles. The predicted octanol–water partition coefficient (Wildman–Crippen LogP) is 2.31. The number of likely N-dealkylation sites (tertiary alicyclic amines) is 1. The van der Waals surface area contributed by atoms with Gasteiger partial charge in [-0.1, -0.05) is 18.9 Å². The van der Waals surface area contributed by atoms with Crippen molar-refractivity contribution in [1.29, 1.82) is 0 Å². The van der Waals surface area contributed by atoms with Gasteiger partial charge in [0, 0.05) is 44.4 Å². The van der Waals surface area contributed by atoms with Gasteiger partial charge in [-0.25, -0.2) is 0 Å². The Balaban J connectivity index is 1.32. The van der Waals surface area contributed by atoms with E-state index in [-0.39, 0.29) is 17.4 Å². The molecule has 2 aliphatic heterocycles. The quantitative estimate of drug-likeness (QED) is 0.792. The summed E-state index contributed by atoms with van der Waals surface area (Å²) in [6, 6.07) is 4.12. The monoisotopic (exact) mass is 401 g/mol. The molecule has 6 heteroatoms. The molecular weight excluding hydrogens is 366 g/mol. The molecule has 1 saturated carbocycles.